The van der Waals surface area contributed by atoms with E-state index in [4.69, 9.17) is 0 Å². The second kappa shape index (κ2) is 6.00. The first-order valence-electron chi connectivity index (χ1n) is 5.83. The summed E-state index contributed by atoms with van der Waals surface area (Å²) in [5.41, 5.74) is 3.67. The van der Waals surface area contributed by atoms with Gasteiger partial charge in [-0.15, -0.1) is 0 Å². The summed E-state index contributed by atoms with van der Waals surface area (Å²) in [6.07, 6.45) is 1.69. The van der Waals surface area contributed by atoms with Crippen LogP contribution < -0.4 is 16.2 Å². The Morgan fingerprint density at radius 3 is 2.45 bits per heavy atom. The van der Waals surface area contributed by atoms with Crippen molar-refractivity contribution in [1.29, 1.82) is 0 Å². The van der Waals surface area contributed by atoms with E-state index in [9.17, 15) is 18.8 Å². The van der Waals surface area contributed by atoms with E-state index in [0.29, 0.717) is 4.47 Å². The quantitative estimate of drug-likeness (QED) is 0.543. The van der Waals surface area contributed by atoms with Crippen molar-refractivity contribution < 1.29 is 18.8 Å². The van der Waals surface area contributed by atoms with Crippen molar-refractivity contribution in [2.24, 2.45) is 0 Å². The van der Waals surface area contributed by atoms with E-state index >= 15 is 0 Å². The van der Waals surface area contributed by atoms with Gasteiger partial charge in [-0.25, -0.2) is 4.39 Å². The third kappa shape index (κ3) is 3.77. The maximum Gasteiger partial charge on any atom is 0.327 e. The Balaban J connectivity index is 1.87. The van der Waals surface area contributed by atoms with Crippen molar-refractivity contribution in [2.75, 3.05) is 0 Å². The van der Waals surface area contributed by atoms with Gasteiger partial charge in [0.1, 0.15) is 5.82 Å². The van der Waals surface area contributed by atoms with Crippen LogP contribution in [0.5, 0.6) is 0 Å². The number of nitrogens with one attached hydrogen (secondary N) is 3. The fourth-order valence-corrected chi connectivity index (χ4v) is 1.72. The molecule has 0 spiro atoms. The topological polar surface area (TPSA) is 87.3 Å². The Kier molecular flexibility index (Phi) is 4.33. The molecular formula is C12H11BrFN3O3. The zero-order chi connectivity index (χ0) is 14.7. The lowest BCUT2D eigenvalue weighted by Gasteiger charge is -2.08. The number of hydrogen-bond donors (Lipinski definition) is 3. The maximum atomic E-state index is 13.5. The largest absolute Gasteiger partial charge is 0.345 e. The molecule has 3 amide bonds. The predicted molar refractivity (Wildman–Crippen MR) is 70.9 cm³/mol. The fourth-order valence-electron chi connectivity index (χ4n) is 1.39. The summed E-state index contributed by atoms with van der Waals surface area (Å²) in [7, 11) is 0. The van der Waals surface area contributed by atoms with E-state index in [1.807, 2.05) is 10.9 Å². The number of hydrazine groups is 1. The minimum Gasteiger partial charge on any atom is -0.345 e. The highest BCUT2D eigenvalue weighted by Gasteiger charge is 2.26. The first-order chi connectivity index (χ1) is 9.47. The second-order valence-electron chi connectivity index (χ2n) is 4.28. The van der Waals surface area contributed by atoms with Gasteiger partial charge in [0.2, 0.25) is 0 Å². The van der Waals surface area contributed by atoms with Crippen LogP contribution in [0.25, 0.3) is 0 Å². The van der Waals surface area contributed by atoms with Crippen molar-refractivity contribution in [3.05, 3.63) is 34.1 Å². The van der Waals surface area contributed by atoms with E-state index in [1.165, 1.54) is 12.1 Å². The average molecular weight is 344 g/mol. The van der Waals surface area contributed by atoms with Crippen LogP contribution in [-0.4, -0.2) is 23.8 Å². The highest BCUT2D eigenvalue weighted by atomic mass is 79.9. The minimum atomic E-state index is -0.997. The zero-order valence-corrected chi connectivity index (χ0v) is 11.8. The standard InChI is InChI=1S/C12H11BrFN3O3/c13-6-1-4-8(9(14)5-6)10(18)16-17-12(20)11(19)15-7-2-3-7/h1,4-5,7H,2-3H2,(H,15,19)(H,16,18)(H,17,20). The van der Waals surface area contributed by atoms with Crippen LogP contribution in [0.3, 0.4) is 0 Å². The van der Waals surface area contributed by atoms with Gasteiger partial charge in [-0.2, -0.15) is 0 Å². The summed E-state index contributed by atoms with van der Waals surface area (Å²) in [6, 6.07) is 3.90. The van der Waals surface area contributed by atoms with Gasteiger partial charge < -0.3 is 5.32 Å². The smallest absolute Gasteiger partial charge is 0.327 e. The van der Waals surface area contributed by atoms with Gasteiger partial charge in [-0.05, 0) is 31.0 Å². The van der Waals surface area contributed by atoms with Crippen molar-refractivity contribution in [2.45, 2.75) is 18.9 Å². The van der Waals surface area contributed by atoms with Gasteiger partial charge in [0.25, 0.3) is 5.91 Å². The molecule has 2 rings (SSSR count). The van der Waals surface area contributed by atoms with E-state index < -0.39 is 23.5 Å². The third-order valence-electron chi connectivity index (χ3n) is 2.58. The van der Waals surface area contributed by atoms with Gasteiger partial charge in [0, 0.05) is 10.5 Å². The van der Waals surface area contributed by atoms with Gasteiger partial charge >= 0.3 is 11.8 Å². The van der Waals surface area contributed by atoms with Crippen molar-refractivity contribution in [3.8, 4) is 0 Å². The van der Waals surface area contributed by atoms with Crippen LogP contribution in [0.4, 0.5) is 4.39 Å². The SMILES string of the molecule is O=C(NNC(=O)c1ccc(Br)cc1F)C(=O)NC1CC1. The molecule has 0 radical (unpaired) electrons. The molecule has 1 aromatic rings. The first kappa shape index (κ1) is 14.4. The highest BCUT2D eigenvalue weighted by molar-refractivity contribution is 9.10. The monoisotopic (exact) mass is 343 g/mol. The molecule has 0 heterocycles. The molecule has 0 atom stereocenters. The van der Waals surface area contributed by atoms with Crippen molar-refractivity contribution in [1.82, 2.24) is 16.2 Å². The van der Waals surface area contributed by atoms with Gasteiger partial charge in [0.05, 0.1) is 5.56 Å². The van der Waals surface area contributed by atoms with Crippen LogP contribution in [0, 0.1) is 5.82 Å². The van der Waals surface area contributed by atoms with Gasteiger partial charge in [0.15, 0.2) is 0 Å². The molecule has 1 fully saturated rings. The summed E-state index contributed by atoms with van der Waals surface area (Å²) in [5.74, 6) is -3.41. The fraction of sp³-hybridized carbons (Fsp3) is 0.250. The van der Waals surface area contributed by atoms with Crippen LogP contribution in [0.15, 0.2) is 22.7 Å². The van der Waals surface area contributed by atoms with Crippen LogP contribution in [0.2, 0.25) is 0 Å². The normalized spacial score (nSPS) is 13.5. The molecule has 8 heteroatoms. The lowest BCUT2D eigenvalue weighted by Crippen LogP contribution is -2.49. The van der Waals surface area contributed by atoms with E-state index in [0.717, 1.165) is 18.9 Å². The second-order valence-corrected chi connectivity index (χ2v) is 5.20. The lowest BCUT2D eigenvalue weighted by atomic mass is 10.2. The molecule has 0 aromatic heterocycles. The van der Waals surface area contributed by atoms with Crippen LogP contribution >= 0.6 is 15.9 Å². The molecule has 0 unspecified atom stereocenters. The summed E-state index contributed by atoms with van der Waals surface area (Å²) in [4.78, 5) is 34.3. The molecule has 106 valence electrons. The Morgan fingerprint density at radius 2 is 1.85 bits per heavy atom. The number of carbonyl (C=O) groups is 3. The number of benzene rings is 1. The number of hydrogen-bond acceptors (Lipinski definition) is 3. The number of rotatable bonds is 2. The maximum absolute atomic E-state index is 13.5. The Bertz CT molecular complexity index is 575. The number of carbonyl (C=O) groups excluding carboxylic acids is 3. The summed E-state index contributed by atoms with van der Waals surface area (Å²) < 4.78 is 14.0. The molecule has 0 saturated heterocycles. The molecule has 1 aromatic carbocycles. The molecule has 1 saturated carbocycles. The predicted octanol–water partition coefficient (Wildman–Crippen LogP) is 0.628. The third-order valence-corrected chi connectivity index (χ3v) is 3.08. The number of amides is 3. The first-order valence-corrected chi connectivity index (χ1v) is 6.63. The summed E-state index contributed by atoms with van der Waals surface area (Å²) >= 11 is 3.06. The minimum absolute atomic E-state index is 0.0351. The molecule has 6 nitrogen and oxygen atoms in total. The number of halogens is 2. The molecule has 3 N–H and O–H groups in total. The van der Waals surface area contributed by atoms with Gasteiger partial charge in [-0.3, -0.25) is 25.2 Å². The Morgan fingerprint density at radius 1 is 1.15 bits per heavy atom. The van der Waals surface area contributed by atoms with E-state index in [-0.39, 0.29) is 11.6 Å². The molecule has 0 bridgehead atoms. The molecule has 1 aliphatic carbocycles. The van der Waals surface area contributed by atoms with E-state index in [1.54, 1.807) is 0 Å². The molecular weight excluding hydrogens is 333 g/mol. The average Bonchev–Trinajstić information content (AvgIpc) is 3.19. The summed E-state index contributed by atoms with van der Waals surface area (Å²) in [6.45, 7) is 0. The summed E-state index contributed by atoms with van der Waals surface area (Å²) in [5, 5.41) is 2.45. The Hall–Kier alpha value is -1.96. The van der Waals surface area contributed by atoms with Crippen LogP contribution in [-0.2, 0) is 9.59 Å². The molecule has 20 heavy (non-hydrogen) atoms. The van der Waals surface area contributed by atoms with Crippen molar-refractivity contribution >= 4 is 33.7 Å². The van der Waals surface area contributed by atoms with Crippen molar-refractivity contribution in [3.63, 3.8) is 0 Å². The Labute approximate surface area is 122 Å². The highest BCUT2D eigenvalue weighted by Crippen LogP contribution is 2.18. The molecule has 0 aliphatic heterocycles. The lowest BCUT2D eigenvalue weighted by molar-refractivity contribution is -0.139. The van der Waals surface area contributed by atoms with E-state index in [2.05, 4.69) is 21.2 Å². The van der Waals surface area contributed by atoms with Crippen LogP contribution in [0.1, 0.15) is 23.2 Å². The molecule has 1 aliphatic rings. The van der Waals surface area contributed by atoms with Gasteiger partial charge in [-0.1, -0.05) is 15.9 Å². The zero-order valence-electron chi connectivity index (χ0n) is 10.2.